The number of halogens is 1. The third-order valence-electron chi connectivity index (χ3n) is 12.7. The van der Waals surface area contributed by atoms with Gasteiger partial charge in [0.1, 0.15) is 23.7 Å². The molecule has 1 saturated carbocycles. The average molecular weight is 1050 g/mol. The lowest BCUT2D eigenvalue weighted by atomic mass is 10.1. The van der Waals surface area contributed by atoms with Crippen molar-refractivity contribution in [2.45, 2.75) is 118 Å². The molecule has 0 atom stereocenters. The second-order valence-electron chi connectivity index (χ2n) is 19.2. The van der Waals surface area contributed by atoms with Gasteiger partial charge in [0.05, 0.1) is 34.3 Å². The number of fused-ring (bicyclic) bond motifs is 6. The molecule has 17 nitrogen and oxygen atoms in total. The van der Waals surface area contributed by atoms with E-state index >= 15 is 0 Å². The molecule has 0 unspecified atom stereocenters. The zero-order valence-electron chi connectivity index (χ0n) is 42.2. The summed E-state index contributed by atoms with van der Waals surface area (Å²) in [5.74, 6) is 4.74. The van der Waals surface area contributed by atoms with Crippen LogP contribution in [0.1, 0.15) is 100 Å². The molecule has 0 amide bonds. The largest absolute Gasteiger partial charge is 0.445 e. The van der Waals surface area contributed by atoms with Gasteiger partial charge in [-0.05, 0) is 93.9 Å². The first-order valence-corrected chi connectivity index (χ1v) is 27.5. The standard InChI is InChI=1S/C10H14N2O.C9H13NS.C8H11N3.C8H12N2S.C7H9ClN2S.C6H10N4.O2S/c1-12-5-4-9-8(6-12)11-10(13-9)7-2-3-7;1-7-5-8-6-10(2)4-3-9(8)11-7;1-6-9-3-7-4-11(2)5-8(7)10-6;1-6-9-7-3-4-10(2)5-8(7)11-6;1-10-3-2-5-6(4-10)11-7(8)9-5;1-9-2-3-10-5-7-8-6(10)4-9;1-3-2/h7H,2-6H2,1H3;5H,3-4,6H2,1-2H3;3H,4-5H2,1-2H3;3-5H2,1-2H3;2-4H2,1H3;5H,2-4H2,1H3;. The highest BCUT2D eigenvalue weighted by atomic mass is 35.5. The van der Waals surface area contributed by atoms with E-state index in [9.17, 15) is 0 Å². The SMILES string of the molecule is CN1CCc2nc(Cl)sc2C1.CN1CCc2oc(C3CC3)nc2C1.CN1CCn2cnnc2C1.Cc1cc2c(s1)CCN(C)C2.Cc1nc2c(s1)CN(C)CC2.Cc1ncc2c(n1)CN(C)C2.O=S=O. The van der Waals surface area contributed by atoms with Gasteiger partial charge in [-0.15, -0.1) is 44.2 Å². The van der Waals surface area contributed by atoms with Gasteiger partial charge in [0.15, 0.2) is 10.4 Å². The fraction of sp³-hybridized carbons (Fsp3) is 0.604. The summed E-state index contributed by atoms with van der Waals surface area (Å²) in [6.45, 7) is 20.1. The molecule has 1 fully saturated rings. The van der Waals surface area contributed by atoms with Gasteiger partial charge >= 0.3 is 11.6 Å². The van der Waals surface area contributed by atoms with Gasteiger partial charge in [-0.1, -0.05) is 11.6 Å². The number of thiophene rings is 1. The predicted octanol–water partition coefficient (Wildman–Crippen LogP) is 6.59. The molecule has 22 heteroatoms. The summed E-state index contributed by atoms with van der Waals surface area (Å²) in [7, 11) is 12.8. The van der Waals surface area contributed by atoms with E-state index < -0.39 is 11.6 Å². The first kappa shape index (κ1) is 54.0. The number of hydrogen-bond donors (Lipinski definition) is 0. The molecule has 70 heavy (non-hydrogen) atoms. The smallest absolute Gasteiger partial charge is 0.335 e. The van der Waals surface area contributed by atoms with Gasteiger partial charge in [-0.2, -0.15) is 8.42 Å². The van der Waals surface area contributed by atoms with Crippen LogP contribution in [0.25, 0.3) is 0 Å². The molecule has 0 radical (unpaired) electrons. The van der Waals surface area contributed by atoms with E-state index in [2.05, 4.69) is 131 Å². The van der Waals surface area contributed by atoms with Crippen LogP contribution in [-0.4, -0.2) is 153 Å². The van der Waals surface area contributed by atoms with Crippen LogP contribution in [0.15, 0.2) is 23.0 Å². The van der Waals surface area contributed by atoms with Gasteiger partial charge in [-0.25, -0.2) is 24.9 Å². The van der Waals surface area contributed by atoms with Crippen molar-refractivity contribution in [1.82, 2.24) is 69.1 Å². The van der Waals surface area contributed by atoms with E-state index in [1.807, 2.05) is 35.8 Å². The maximum atomic E-state index is 8.29. The first-order valence-electron chi connectivity index (χ1n) is 24.0. The van der Waals surface area contributed by atoms with E-state index in [1.165, 1.54) is 73.8 Å². The van der Waals surface area contributed by atoms with Crippen LogP contribution in [-0.2, 0) is 89.6 Å². The van der Waals surface area contributed by atoms with Gasteiger partial charge in [-0.3, -0.25) is 14.7 Å². The monoisotopic (exact) mass is 1050 g/mol. The van der Waals surface area contributed by atoms with Crippen molar-refractivity contribution in [3.63, 3.8) is 0 Å². The molecule has 380 valence electrons. The summed E-state index contributed by atoms with van der Waals surface area (Å²) in [5, 5.41) is 9.02. The normalized spacial score (nSPS) is 18.5. The van der Waals surface area contributed by atoms with E-state index in [0.717, 1.165) is 121 Å². The minimum Gasteiger partial charge on any atom is -0.445 e. The Kier molecular flexibility index (Phi) is 19.9. The number of rotatable bonds is 1. The summed E-state index contributed by atoms with van der Waals surface area (Å²) < 4.78 is 25.1. The fourth-order valence-corrected chi connectivity index (χ4v) is 12.2. The first-order chi connectivity index (χ1) is 33.6. The minimum absolute atomic E-state index is 0.649. The van der Waals surface area contributed by atoms with E-state index in [1.54, 1.807) is 28.1 Å². The maximum absolute atomic E-state index is 8.29. The Morgan fingerprint density at radius 1 is 0.614 bits per heavy atom. The highest BCUT2D eigenvalue weighted by Gasteiger charge is 2.31. The van der Waals surface area contributed by atoms with Crippen LogP contribution in [0.3, 0.4) is 0 Å². The molecule has 0 spiro atoms. The summed E-state index contributed by atoms with van der Waals surface area (Å²) in [6.07, 6.45) is 10.7. The maximum Gasteiger partial charge on any atom is 0.335 e. The Balaban J connectivity index is 0.000000123. The van der Waals surface area contributed by atoms with Crippen molar-refractivity contribution in [3.8, 4) is 0 Å². The number of aromatic nitrogens is 8. The highest BCUT2D eigenvalue weighted by Crippen LogP contribution is 2.40. The number of thiazole rings is 2. The Hall–Kier alpha value is -3.74. The van der Waals surface area contributed by atoms with Crippen molar-refractivity contribution in [3.05, 3.63) is 105 Å². The molecule has 0 saturated heterocycles. The molecule has 13 rings (SSSR count). The van der Waals surface area contributed by atoms with Crippen molar-refractivity contribution in [2.24, 2.45) is 0 Å². The van der Waals surface area contributed by atoms with Crippen LogP contribution in [0.4, 0.5) is 0 Å². The zero-order valence-corrected chi connectivity index (χ0v) is 46.3. The molecule has 0 bridgehead atoms. The number of nitrogens with zero attached hydrogens (tertiary/aromatic N) is 14. The molecule has 6 aliphatic heterocycles. The Morgan fingerprint density at radius 3 is 1.96 bits per heavy atom. The summed E-state index contributed by atoms with van der Waals surface area (Å²) in [5.41, 5.74) is 7.75. The van der Waals surface area contributed by atoms with E-state index in [0.29, 0.717) is 10.4 Å². The van der Waals surface area contributed by atoms with Crippen molar-refractivity contribution < 1.29 is 12.8 Å². The van der Waals surface area contributed by atoms with Crippen molar-refractivity contribution in [2.75, 3.05) is 75.0 Å². The van der Waals surface area contributed by atoms with Gasteiger partial charge in [0.2, 0.25) is 0 Å². The molecule has 6 aromatic rings. The van der Waals surface area contributed by atoms with Crippen LogP contribution in [0, 0.1) is 20.8 Å². The third-order valence-corrected chi connectivity index (χ3v) is 16.1. The lowest BCUT2D eigenvalue weighted by molar-refractivity contribution is 0.264. The fourth-order valence-electron chi connectivity index (χ4n) is 8.82. The lowest BCUT2D eigenvalue weighted by Crippen LogP contribution is -2.30. The number of oxazole rings is 1. The number of aryl methyl sites for hydroxylation is 3. The molecular weight excluding hydrogens is 984 g/mol. The second-order valence-corrected chi connectivity index (χ2v) is 23.6. The Bertz CT molecular complexity index is 2520. The zero-order chi connectivity index (χ0) is 49.9. The Labute approximate surface area is 433 Å². The lowest BCUT2D eigenvalue weighted by Gasteiger charge is -2.21. The van der Waals surface area contributed by atoms with Gasteiger partial charge in [0.25, 0.3) is 0 Å². The van der Waals surface area contributed by atoms with Crippen LogP contribution < -0.4 is 0 Å². The van der Waals surface area contributed by atoms with Crippen LogP contribution in [0.5, 0.6) is 0 Å². The Morgan fingerprint density at radius 2 is 1.23 bits per heavy atom. The number of likely N-dealkylation sites (N-methyl/N-ethyl adjacent to an activating group) is 5. The van der Waals surface area contributed by atoms with Crippen LogP contribution in [0.2, 0.25) is 4.47 Å². The third kappa shape index (κ3) is 15.9. The quantitative estimate of drug-likeness (QED) is 0.173. The second kappa shape index (κ2) is 25.8. The minimum atomic E-state index is -0.750. The van der Waals surface area contributed by atoms with Gasteiger partial charge in [0, 0.05) is 135 Å². The number of hydrogen-bond acceptors (Lipinski definition) is 19. The van der Waals surface area contributed by atoms with Crippen molar-refractivity contribution >= 4 is 57.2 Å². The molecule has 6 aromatic heterocycles. The van der Waals surface area contributed by atoms with E-state index in [4.69, 9.17) is 24.4 Å². The predicted molar refractivity (Wildman–Crippen MR) is 279 cm³/mol. The molecule has 0 aromatic carbocycles. The van der Waals surface area contributed by atoms with Gasteiger partial charge < -0.3 is 23.7 Å². The molecule has 0 N–H and O–H groups in total. The summed E-state index contributed by atoms with van der Waals surface area (Å²) in [4.78, 5) is 41.4. The summed E-state index contributed by atoms with van der Waals surface area (Å²) >= 11 is 10.5. The molecule has 7 aliphatic rings. The summed E-state index contributed by atoms with van der Waals surface area (Å²) in [6, 6.07) is 2.33. The highest BCUT2D eigenvalue weighted by molar-refractivity contribution is 7.51. The van der Waals surface area contributed by atoms with Crippen molar-refractivity contribution in [1.29, 1.82) is 0 Å². The molecule has 1 aliphatic carbocycles. The van der Waals surface area contributed by atoms with Crippen LogP contribution >= 0.6 is 45.6 Å². The van der Waals surface area contributed by atoms with E-state index in [-0.39, 0.29) is 0 Å². The average Bonchev–Trinajstić information content (AvgIpc) is 3.83. The molecular formula is C48H69ClN14O3S4. The topological polar surface area (TPSA) is 162 Å². The molecule has 12 heterocycles.